The Morgan fingerprint density at radius 1 is 1.17 bits per heavy atom. The fourth-order valence-electron chi connectivity index (χ4n) is 2.90. The van der Waals surface area contributed by atoms with E-state index in [4.69, 9.17) is 0 Å². The van der Waals surface area contributed by atoms with Gasteiger partial charge in [0.05, 0.1) is 0 Å². The van der Waals surface area contributed by atoms with Crippen LogP contribution >= 0.6 is 0 Å². The molecule has 12 heavy (non-hydrogen) atoms. The van der Waals surface area contributed by atoms with Crippen LogP contribution in [0.2, 0.25) is 0 Å². The predicted molar refractivity (Wildman–Crippen MR) is 47.4 cm³/mol. The van der Waals surface area contributed by atoms with E-state index >= 15 is 0 Å². The lowest BCUT2D eigenvalue weighted by Crippen LogP contribution is -1.97. The van der Waals surface area contributed by atoms with Crippen molar-refractivity contribution in [3.8, 4) is 5.75 Å². The zero-order valence-corrected chi connectivity index (χ0v) is 6.96. The third kappa shape index (κ3) is 0.644. The number of phenolic OH excluding ortho intramolecular Hbond substituents is 1. The van der Waals surface area contributed by atoms with Gasteiger partial charge in [-0.25, -0.2) is 0 Å². The van der Waals surface area contributed by atoms with Gasteiger partial charge in [-0.2, -0.15) is 0 Å². The number of hydrogen-bond donors (Lipinski definition) is 1. The number of rotatable bonds is 0. The first kappa shape index (κ1) is 6.53. The maximum absolute atomic E-state index is 9.65. The SMILES string of the molecule is Oc1cccc2c1C1CCC2C1. The van der Waals surface area contributed by atoms with Crippen LogP contribution < -0.4 is 0 Å². The molecule has 1 heteroatoms. The normalized spacial score (nSPS) is 30.7. The topological polar surface area (TPSA) is 20.2 Å². The van der Waals surface area contributed by atoms with E-state index in [1.54, 1.807) is 0 Å². The average molecular weight is 160 g/mol. The van der Waals surface area contributed by atoms with Gasteiger partial charge < -0.3 is 5.11 Å². The number of benzene rings is 1. The highest BCUT2D eigenvalue weighted by atomic mass is 16.3. The van der Waals surface area contributed by atoms with Crippen LogP contribution in [-0.4, -0.2) is 5.11 Å². The molecule has 1 fully saturated rings. The highest BCUT2D eigenvalue weighted by Crippen LogP contribution is 2.55. The van der Waals surface area contributed by atoms with Gasteiger partial charge in [-0.3, -0.25) is 0 Å². The van der Waals surface area contributed by atoms with Gasteiger partial charge in [0, 0.05) is 5.56 Å². The summed E-state index contributed by atoms with van der Waals surface area (Å²) >= 11 is 0. The lowest BCUT2D eigenvalue weighted by atomic mass is 9.91. The second kappa shape index (κ2) is 2.03. The summed E-state index contributed by atoms with van der Waals surface area (Å²) in [6.07, 6.45) is 3.91. The Bertz CT molecular complexity index is 330. The van der Waals surface area contributed by atoms with Crippen molar-refractivity contribution in [1.82, 2.24) is 0 Å². The van der Waals surface area contributed by atoms with Crippen LogP contribution in [0.25, 0.3) is 0 Å². The summed E-state index contributed by atoms with van der Waals surface area (Å²) in [6.45, 7) is 0. The molecule has 0 aliphatic heterocycles. The first-order valence-corrected chi connectivity index (χ1v) is 4.68. The Morgan fingerprint density at radius 2 is 2.00 bits per heavy atom. The van der Waals surface area contributed by atoms with Gasteiger partial charge in [-0.15, -0.1) is 0 Å². The zero-order chi connectivity index (χ0) is 8.13. The molecule has 0 saturated heterocycles. The lowest BCUT2D eigenvalue weighted by molar-refractivity contribution is 0.461. The standard InChI is InChI=1S/C11H12O/c12-10-3-1-2-9-7-4-5-8(6-7)11(9)10/h1-3,7-8,12H,4-6H2. The average Bonchev–Trinajstić information content (AvgIpc) is 2.64. The molecule has 0 spiro atoms. The molecule has 0 heterocycles. The Kier molecular flexibility index (Phi) is 1.11. The highest BCUT2D eigenvalue weighted by molar-refractivity contribution is 5.49. The summed E-state index contributed by atoms with van der Waals surface area (Å²) in [4.78, 5) is 0. The fourth-order valence-corrected chi connectivity index (χ4v) is 2.90. The second-order valence-electron chi connectivity index (χ2n) is 3.99. The molecule has 0 radical (unpaired) electrons. The Morgan fingerprint density at radius 3 is 2.83 bits per heavy atom. The number of fused-ring (bicyclic) bond motifs is 5. The van der Waals surface area contributed by atoms with Gasteiger partial charge in [0.25, 0.3) is 0 Å². The molecule has 2 unspecified atom stereocenters. The molecule has 2 aliphatic carbocycles. The van der Waals surface area contributed by atoms with Crippen molar-refractivity contribution in [1.29, 1.82) is 0 Å². The molecule has 1 aromatic carbocycles. The second-order valence-corrected chi connectivity index (χ2v) is 3.99. The number of phenols is 1. The van der Waals surface area contributed by atoms with Crippen molar-refractivity contribution >= 4 is 0 Å². The maximum Gasteiger partial charge on any atom is 0.119 e. The first-order valence-electron chi connectivity index (χ1n) is 4.68. The van der Waals surface area contributed by atoms with Gasteiger partial charge in [-0.1, -0.05) is 12.1 Å². The molecule has 1 nitrogen and oxygen atoms in total. The third-order valence-electron chi connectivity index (χ3n) is 3.40. The molecule has 62 valence electrons. The molecule has 2 bridgehead atoms. The number of hydrogen-bond acceptors (Lipinski definition) is 1. The molecule has 1 saturated carbocycles. The highest BCUT2D eigenvalue weighted by Gasteiger charge is 2.38. The van der Waals surface area contributed by atoms with Gasteiger partial charge in [0.2, 0.25) is 0 Å². The van der Waals surface area contributed by atoms with Crippen LogP contribution in [0, 0.1) is 0 Å². The van der Waals surface area contributed by atoms with Crippen LogP contribution in [0.4, 0.5) is 0 Å². The molecule has 0 amide bonds. The quantitative estimate of drug-likeness (QED) is 0.618. The van der Waals surface area contributed by atoms with Crippen molar-refractivity contribution in [3.63, 3.8) is 0 Å². The van der Waals surface area contributed by atoms with E-state index in [2.05, 4.69) is 6.07 Å². The molecular formula is C11H12O. The molecular weight excluding hydrogens is 148 g/mol. The summed E-state index contributed by atoms with van der Waals surface area (Å²) in [5, 5.41) is 9.65. The van der Waals surface area contributed by atoms with Crippen LogP contribution in [0.5, 0.6) is 5.75 Å². The molecule has 1 N–H and O–H groups in total. The minimum atomic E-state index is 0.528. The first-order chi connectivity index (χ1) is 5.86. The van der Waals surface area contributed by atoms with E-state index in [0.717, 1.165) is 5.92 Å². The molecule has 1 aromatic rings. The summed E-state index contributed by atoms with van der Waals surface area (Å²) in [5.41, 5.74) is 2.68. The summed E-state index contributed by atoms with van der Waals surface area (Å²) in [7, 11) is 0. The summed E-state index contributed by atoms with van der Waals surface area (Å²) in [6, 6.07) is 5.97. The Balaban J connectivity index is 2.26. The third-order valence-corrected chi connectivity index (χ3v) is 3.40. The van der Waals surface area contributed by atoms with Crippen molar-refractivity contribution in [2.45, 2.75) is 31.1 Å². The van der Waals surface area contributed by atoms with Crippen LogP contribution in [0.3, 0.4) is 0 Å². The van der Waals surface area contributed by atoms with E-state index in [0.29, 0.717) is 11.7 Å². The van der Waals surface area contributed by atoms with Gasteiger partial charge in [-0.05, 0) is 42.7 Å². The largest absolute Gasteiger partial charge is 0.508 e. The summed E-state index contributed by atoms with van der Waals surface area (Å²) in [5.74, 6) is 1.96. The molecule has 3 rings (SSSR count). The Hall–Kier alpha value is -0.980. The minimum absolute atomic E-state index is 0.528. The summed E-state index contributed by atoms with van der Waals surface area (Å²) < 4.78 is 0. The Labute approximate surface area is 72.0 Å². The smallest absolute Gasteiger partial charge is 0.119 e. The van der Waals surface area contributed by atoms with Crippen molar-refractivity contribution in [3.05, 3.63) is 29.3 Å². The van der Waals surface area contributed by atoms with E-state index in [9.17, 15) is 5.11 Å². The van der Waals surface area contributed by atoms with Gasteiger partial charge in [0.1, 0.15) is 5.75 Å². The molecule has 2 atom stereocenters. The van der Waals surface area contributed by atoms with Gasteiger partial charge >= 0.3 is 0 Å². The number of aromatic hydroxyl groups is 1. The van der Waals surface area contributed by atoms with Crippen molar-refractivity contribution in [2.24, 2.45) is 0 Å². The van der Waals surface area contributed by atoms with E-state index in [1.165, 1.54) is 30.4 Å². The van der Waals surface area contributed by atoms with Crippen molar-refractivity contribution < 1.29 is 5.11 Å². The maximum atomic E-state index is 9.65. The van der Waals surface area contributed by atoms with Gasteiger partial charge in [0.15, 0.2) is 0 Å². The fraction of sp³-hybridized carbons (Fsp3) is 0.455. The lowest BCUT2D eigenvalue weighted by Gasteiger charge is -2.15. The van der Waals surface area contributed by atoms with E-state index in [1.807, 2.05) is 12.1 Å². The van der Waals surface area contributed by atoms with E-state index in [-0.39, 0.29) is 0 Å². The monoisotopic (exact) mass is 160 g/mol. The van der Waals surface area contributed by atoms with Crippen LogP contribution in [0.1, 0.15) is 42.2 Å². The van der Waals surface area contributed by atoms with E-state index < -0.39 is 0 Å². The molecule has 2 aliphatic rings. The van der Waals surface area contributed by atoms with Crippen molar-refractivity contribution in [2.75, 3.05) is 0 Å². The van der Waals surface area contributed by atoms with Crippen LogP contribution in [0.15, 0.2) is 18.2 Å². The zero-order valence-electron chi connectivity index (χ0n) is 6.96. The predicted octanol–water partition coefficient (Wildman–Crippen LogP) is 2.76. The minimum Gasteiger partial charge on any atom is -0.508 e. The van der Waals surface area contributed by atoms with Crippen LogP contribution in [-0.2, 0) is 0 Å². The molecule has 0 aromatic heterocycles.